The van der Waals surface area contributed by atoms with E-state index in [9.17, 15) is 9.18 Å². The summed E-state index contributed by atoms with van der Waals surface area (Å²) in [4.78, 5) is 12.0. The Bertz CT molecular complexity index is 568. The van der Waals surface area contributed by atoms with E-state index in [1.54, 1.807) is 6.07 Å². The van der Waals surface area contributed by atoms with Crippen molar-refractivity contribution in [1.29, 1.82) is 0 Å². The number of rotatable bonds is 4. The van der Waals surface area contributed by atoms with Gasteiger partial charge in [0.05, 0.1) is 12.1 Å². The molecular formula is C16H19FN2O. The highest BCUT2D eigenvalue weighted by molar-refractivity contribution is 5.94. The van der Waals surface area contributed by atoms with Crippen molar-refractivity contribution in [2.45, 2.75) is 26.2 Å². The zero-order valence-corrected chi connectivity index (χ0v) is 11.6. The molecule has 0 heterocycles. The van der Waals surface area contributed by atoms with Crippen LogP contribution in [0.5, 0.6) is 0 Å². The molecular weight excluding hydrogens is 255 g/mol. The van der Waals surface area contributed by atoms with Crippen molar-refractivity contribution in [2.24, 2.45) is 11.1 Å². The van der Waals surface area contributed by atoms with Crippen molar-refractivity contribution >= 4 is 5.91 Å². The fraction of sp³-hybridized carbons (Fsp3) is 0.438. The number of carbonyl (C=O) groups is 1. The molecule has 1 amide bonds. The van der Waals surface area contributed by atoms with Gasteiger partial charge in [-0.15, -0.1) is 0 Å². The molecule has 0 aliphatic heterocycles. The molecule has 0 aromatic heterocycles. The average molecular weight is 274 g/mol. The molecule has 20 heavy (non-hydrogen) atoms. The van der Waals surface area contributed by atoms with E-state index in [0.717, 1.165) is 19.3 Å². The number of hydrogen-bond donors (Lipinski definition) is 2. The lowest BCUT2D eigenvalue weighted by atomic mass is 10.0. The van der Waals surface area contributed by atoms with Crippen molar-refractivity contribution in [3.63, 3.8) is 0 Å². The molecule has 0 saturated heterocycles. The standard InChI is InChI=1S/C16H19FN2O/c1-2-16(7-8-16)11-19-15(20)13-6-5-12(4-3-9-18)10-14(13)17/h5-6,10H,2,7-9,11,18H2,1H3,(H,19,20). The maximum atomic E-state index is 13.9. The summed E-state index contributed by atoms with van der Waals surface area (Å²) in [5.74, 6) is 4.48. The van der Waals surface area contributed by atoms with E-state index in [1.165, 1.54) is 12.1 Å². The third-order valence-corrected chi connectivity index (χ3v) is 3.88. The number of amides is 1. The topological polar surface area (TPSA) is 55.1 Å². The number of nitrogens with one attached hydrogen (secondary N) is 1. The van der Waals surface area contributed by atoms with Gasteiger partial charge in [-0.25, -0.2) is 4.39 Å². The second-order valence-electron chi connectivity index (χ2n) is 5.24. The van der Waals surface area contributed by atoms with Gasteiger partial charge in [-0.3, -0.25) is 4.79 Å². The molecule has 1 aromatic carbocycles. The minimum atomic E-state index is -0.548. The lowest BCUT2D eigenvalue weighted by molar-refractivity contribution is 0.0940. The normalized spacial score (nSPS) is 15.2. The van der Waals surface area contributed by atoms with Crippen LogP contribution in [0.2, 0.25) is 0 Å². The van der Waals surface area contributed by atoms with Gasteiger partial charge in [-0.05, 0) is 42.9 Å². The molecule has 3 N–H and O–H groups in total. The third-order valence-electron chi connectivity index (χ3n) is 3.88. The Hall–Kier alpha value is -1.86. The Kier molecular flexibility index (Phi) is 4.41. The Morgan fingerprint density at radius 1 is 1.50 bits per heavy atom. The molecule has 0 radical (unpaired) electrons. The van der Waals surface area contributed by atoms with Gasteiger partial charge in [0.15, 0.2) is 0 Å². The first-order valence-corrected chi connectivity index (χ1v) is 6.87. The Labute approximate surface area is 118 Å². The largest absolute Gasteiger partial charge is 0.351 e. The molecule has 1 aliphatic carbocycles. The van der Waals surface area contributed by atoms with Crippen LogP contribution in [0, 0.1) is 23.1 Å². The smallest absolute Gasteiger partial charge is 0.254 e. The summed E-state index contributed by atoms with van der Waals surface area (Å²) >= 11 is 0. The summed E-state index contributed by atoms with van der Waals surface area (Å²) in [5, 5.41) is 2.82. The average Bonchev–Trinajstić information content (AvgIpc) is 3.23. The van der Waals surface area contributed by atoms with E-state index < -0.39 is 5.82 Å². The highest BCUT2D eigenvalue weighted by Crippen LogP contribution is 2.47. The van der Waals surface area contributed by atoms with E-state index in [0.29, 0.717) is 12.1 Å². The van der Waals surface area contributed by atoms with Crippen LogP contribution in [0.4, 0.5) is 4.39 Å². The molecule has 106 valence electrons. The van der Waals surface area contributed by atoms with Crippen LogP contribution in [0.15, 0.2) is 18.2 Å². The fourth-order valence-electron chi connectivity index (χ4n) is 2.13. The lowest BCUT2D eigenvalue weighted by Gasteiger charge is -2.13. The van der Waals surface area contributed by atoms with Gasteiger partial charge in [0.1, 0.15) is 5.82 Å². The van der Waals surface area contributed by atoms with Crippen molar-refractivity contribution in [1.82, 2.24) is 5.32 Å². The first kappa shape index (κ1) is 14.5. The predicted octanol–water partition coefficient (Wildman–Crippen LogP) is 2.06. The summed E-state index contributed by atoms with van der Waals surface area (Å²) in [5.41, 5.74) is 6.10. The summed E-state index contributed by atoms with van der Waals surface area (Å²) in [7, 11) is 0. The number of nitrogens with two attached hydrogens (primary N) is 1. The molecule has 1 saturated carbocycles. The molecule has 3 nitrogen and oxygen atoms in total. The van der Waals surface area contributed by atoms with Crippen LogP contribution in [0.3, 0.4) is 0 Å². The maximum Gasteiger partial charge on any atom is 0.254 e. The minimum absolute atomic E-state index is 0.0650. The number of benzene rings is 1. The quantitative estimate of drug-likeness (QED) is 0.826. The van der Waals surface area contributed by atoms with Crippen LogP contribution in [-0.2, 0) is 0 Å². The van der Waals surface area contributed by atoms with Gasteiger partial charge in [-0.1, -0.05) is 18.8 Å². The Morgan fingerprint density at radius 2 is 2.25 bits per heavy atom. The van der Waals surface area contributed by atoms with Crippen molar-refractivity contribution in [3.8, 4) is 11.8 Å². The van der Waals surface area contributed by atoms with E-state index >= 15 is 0 Å². The first-order valence-electron chi connectivity index (χ1n) is 6.87. The van der Waals surface area contributed by atoms with Gasteiger partial charge >= 0.3 is 0 Å². The summed E-state index contributed by atoms with van der Waals surface area (Å²) in [6, 6.07) is 4.37. The summed E-state index contributed by atoms with van der Waals surface area (Å²) in [6.45, 7) is 2.96. The first-order chi connectivity index (χ1) is 9.60. The van der Waals surface area contributed by atoms with E-state index in [-0.39, 0.29) is 23.4 Å². The van der Waals surface area contributed by atoms with Crippen LogP contribution in [0.25, 0.3) is 0 Å². The second kappa shape index (κ2) is 6.06. The van der Waals surface area contributed by atoms with Gasteiger partial charge in [0.2, 0.25) is 0 Å². The SMILES string of the molecule is CCC1(CNC(=O)c2ccc(C#CCN)cc2F)CC1. The van der Waals surface area contributed by atoms with Gasteiger partial charge in [0, 0.05) is 12.1 Å². The van der Waals surface area contributed by atoms with Crippen LogP contribution >= 0.6 is 0 Å². The number of hydrogen-bond acceptors (Lipinski definition) is 2. The molecule has 1 fully saturated rings. The van der Waals surface area contributed by atoms with Crippen LogP contribution in [0.1, 0.15) is 42.1 Å². The fourth-order valence-corrected chi connectivity index (χ4v) is 2.13. The molecule has 0 atom stereocenters. The molecule has 0 unspecified atom stereocenters. The van der Waals surface area contributed by atoms with E-state index in [2.05, 4.69) is 24.1 Å². The molecule has 1 aliphatic rings. The molecule has 2 rings (SSSR count). The molecule has 1 aromatic rings. The third kappa shape index (κ3) is 3.37. The number of carbonyl (C=O) groups excluding carboxylic acids is 1. The zero-order valence-electron chi connectivity index (χ0n) is 11.6. The van der Waals surface area contributed by atoms with E-state index in [1.807, 2.05) is 0 Å². The maximum absolute atomic E-state index is 13.9. The molecule has 0 spiro atoms. The minimum Gasteiger partial charge on any atom is -0.351 e. The monoisotopic (exact) mass is 274 g/mol. The van der Waals surface area contributed by atoms with Gasteiger partial charge in [-0.2, -0.15) is 0 Å². The van der Waals surface area contributed by atoms with Crippen LogP contribution in [-0.4, -0.2) is 19.0 Å². The van der Waals surface area contributed by atoms with E-state index in [4.69, 9.17) is 5.73 Å². The van der Waals surface area contributed by atoms with Crippen molar-refractivity contribution in [3.05, 3.63) is 35.1 Å². The summed E-state index contributed by atoms with van der Waals surface area (Å²) < 4.78 is 13.9. The zero-order chi connectivity index (χ0) is 14.6. The van der Waals surface area contributed by atoms with Gasteiger partial charge in [0.25, 0.3) is 5.91 Å². The predicted molar refractivity (Wildman–Crippen MR) is 76.6 cm³/mol. The Morgan fingerprint density at radius 3 is 2.80 bits per heavy atom. The second-order valence-corrected chi connectivity index (χ2v) is 5.24. The molecule has 4 heteroatoms. The highest BCUT2D eigenvalue weighted by Gasteiger charge is 2.40. The van der Waals surface area contributed by atoms with Gasteiger partial charge < -0.3 is 11.1 Å². The molecule has 0 bridgehead atoms. The summed E-state index contributed by atoms with van der Waals surface area (Å²) in [6.07, 6.45) is 3.32. The van der Waals surface area contributed by atoms with Crippen molar-refractivity contribution < 1.29 is 9.18 Å². The lowest BCUT2D eigenvalue weighted by Crippen LogP contribution is -2.30. The van der Waals surface area contributed by atoms with Crippen LogP contribution < -0.4 is 11.1 Å². The Balaban J connectivity index is 2.03. The van der Waals surface area contributed by atoms with Crippen molar-refractivity contribution in [2.75, 3.05) is 13.1 Å². The highest BCUT2D eigenvalue weighted by atomic mass is 19.1. The number of halogens is 1.